The predicted octanol–water partition coefficient (Wildman–Crippen LogP) is 2.47. The van der Waals surface area contributed by atoms with Crippen molar-refractivity contribution in [2.75, 3.05) is 11.1 Å². The van der Waals surface area contributed by atoms with Crippen LogP contribution in [0.25, 0.3) is 0 Å². The number of anilines is 3. The molecule has 0 aliphatic rings. The molecule has 0 saturated carbocycles. The molecule has 0 aromatic carbocycles. The van der Waals surface area contributed by atoms with Gasteiger partial charge < -0.3 is 11.1 Å². The molecule has 2 rings (SSSR count). The number of aryl methyl sites for hydroxylation is 2. The largest absolute Gasteiger partial charge is 0.433 e. The molecule has 2 aromatic rings. The van der Waals surface area contributed by atoms with E-state index in [9.17, 15) is 13.2 Å². The number of nitrogen functional groups attached to an aromatic ring is 1. The molecule has 0 fully saturated rings. The van der Waals surface area contributed by atoms with Crippen LogP contribution in [0.15, 0.2) is 18.5 Å². The maximum Gasteiger partial charge on any atom is 0.433 e. The van der Waals surface area contributed by atoms with Crippen molar-refractivity contribution < 1.29 is 13.2 Å². The normalized spacial score (nSPS) is 11.6. The molecule has 0 aliphatic carbocycles. The molecule has 2 heterocycles. The van der Waals surface area contributed by atoms with Crippen LogP contribution in [0.5, 0.6) is 0 Å². The zero-order valence-corrected chi connectivity index (χ0v) is 10.3. The van der Waals surface area contributed by atoms with Crippen molar-refractivity contribution in [1.29, 1.82) is 0 Å². The van der Waals surface area contributed by atoms with E-state index in [0.717, 1.165) is 12.3 Å². The van der Waals surface area contributed by atoms with Crippen molar-refractivity contribution in [3.05, 3.63) is 29.8 Å². The fourth-order valence-electron chi connectivity index (χ4n) is 1.60. The van der Waals surface area contributed by atoms with E-state index in [1.54, 1.807) is 24.9 Å². The second-order valence-electron chi connectivity index (χ2n) is 4.08. The van der Waals surface area contributed by atoms with Gasteiger partial charge >= 0.3 is 6.18 Å². The van der Waals surface area contributed by atoms with E-state index in [4.69, 9.17) is 5.73 Å². The van der Waals surface area contributed by atoms with Gasteiger partial charge in [0.15, 0.2) is 0 Å². The van der Waals surface area contributed by atoms with Crippen LogP contribution in [0.4, 0.5) is 30.2 Å². The SMILES string of the molecule is Cc1nn(C)cc1Nc1cc(C(F)(F)F)ncc1N. The maximum absolute atomic E-state index is 12.6. The Bertz CT molecular complexity index is 603. The molecule has 2 aromatic heterocycles. The summed E-state index contributed by atoms with van der Waals surface area (Å²) in [5.74, 6) is 0. The molecule has 8 heteroatoms. The minimum atomic E-state index is -4.51. The van der Waals surface area contributed by atoms with Crippen LogP contribution in [0, 0.1) is 6.92 Å². The topological polar surface area (TPSA) is 68.8 Å². The van der Waals surface area contributed by atoms with Crippen LogP contribution >= 0.6 is 0 Å². The zero-order valence-electron chi connectivity index (χ0n) is 10.3. The number of aromatic nitrogens is 3. The van der Waals surface area contributed by atoms with Gasteiger partial charge in [0.1, 0.15) is 5.69 Å². The van der Waals surface area contributed by atoms with Crippen LogP contribution in [-0.2, 0) is 13.2 Å². The number of pyridine rings is 1. The third kappa shape index (κ3) is 2.78. The van der Waals surface area contributed by atoms with Crippen LogP contribution in [-0.4, -0.2) is 14.8 Å². The first kappa shape index (κ1) is 13.2. The highest BCUT2D eigenvalue weighted by atomic mass is 19.4. The molecule has 0 spiro atoms. The summed E-state index contributed by atoms with van der Waals surface area (Å²) in [6, 6.07) is 0.877. The van der Waals surface area contributed by atoms with Crippen LogP contribution in [0.1, 0.15) is 11.4 Å². The van der Waals surface area contributed by atoms with Gasteiger partial charge in [-0.1, -0.05) is 0 Å². The Morgan fingerprint density at radius 3 is 2.53 bits per heavy atom. The summed E-state index contributed by atoms with van der Waals surface area (Å²) < 4.78 is 39.3. The Hall–Kier alpha value is -2.25. The standard InChI is InChI=1S/C11H12F3N5/c1-6-9(5-19(2)18-6)17-8-3-10(11(12,13)14)16-4-7(8)15/h3-5H,15H2,1-2H3,(H,16,17). The average molecular weight is 271 g/mol. The van der Waals surface area contributed by atoms with E-state index in [2.05, 4.69) is 15.4 Å². The van der Waals surface area contributed by atoms with Gasteiger partial charge in [-0.25, -0.2) is 4.98 Å². The molecule has 0 aliphatic heterocycles. The second kappa shape index (κ2) is 4.45. The summed E-state index contributed by atoms with van der Waals surface area (Å²) in [6.07, 6.45) is -1.87. The first-order valence-electron chi connectivity index (χ1n) is 5.37. The lowest BCUT2D eigenvalue weighted by molar-refractivity contribution is -0.141. The number of hydrogen-bond acceptors (Lipinski definition) is 4. The quantitative estimate of drug-likeness (QED) is 0.880. The van der Waals surface area contributed by atoms with E-state index in [1.807, 2.05) is 0 Å². The van der Waals surface area contributed by atoms with Gasteiger partial charge in [-0.2, -0.15) is 18.3 Å². The summed E-state index contributed by atoms with van der Waals surface area (Å²) in [5.41, 5.74) is 6.16. The van der Waals surface area contributed by atoms with Crippen molar-refractivity contribution in [3.63, 3.8) is 0 Å². The van der Waals surface area contributed by atoms with Crippen molar-refractivity contribution in [1.82, 2.24) is 14.8 Å². The molecule has 0 bridgehead atoms. The fraction of sp³-hybridized carbons (Fsp3) is 0.273. The van der Waals surface area contributed by atoms with Crippen LogP contribution < -0.4 is 11.1 Å². The second-order valence-corrected chi connectivity index (χ2v) is 4.08. The molecule has 3 N–H and O–H groups in total. The average Bonchev–Trinajstić information content (AvgIpc) is 2.59. The molecule has 0 saturated heterocycles. The third-order valence-corrected chi connectivity index (χ3v) is 2.51. The fourth-order valence-corrected chi connectivity index (χ4v) is 1.60. The molecule has 0 radical (unpaired) electrons. The van der Waals surface area contributed by atoms with Gasteiger partial charge in [0.25, 0.3) is 0 Å². The zero-order chi connectivity index (χ0) is 14.2. The Kier molecular flexibility index (Phi) is 3.09. The Morgan fingerprint density at radius 1 is 1.32 bits per heavy atom. The van der Waals surface area contributed by atoms with Crippen LogP contribution in [0.2, 0.25) is 0 Å². The summed E-state index contributed by atoms with van der Waals surface area (Å²) in [7, 11) is 1.72. The first-order valence-corrected chi connectivity index (χ1v) is 5.37. The van der Waals surface area contributed by atoms with E-state index in [-0.39, 0.29) is 11.4 Å². The molecule has 102 valence electrons. The number of alkyl halides is 3. The number of hydrogen-bond donors (Lipinski definition) is 2. The maximum atomic E-state index is 12.6. The van der Waals surface area contributed by atoms with Gasteiger partial charge in [-0.3, -0.25) is 4.68 Å². The molecular formula is C11H12F3N5. The van der Waals surface area contributed by atoms with Crippen molar-refractivity contribution in [2.24, 2.45) is 7.05 Å². The Balaban J connectivity index is 2.37. The Morgan fingerprint density at radius 2 is 2.00 bits per heavy atom. The molecule has 0 atom stereocenters. The van der Waals surface area contributed by atoms with E-state index < -0.39 is 11.9 Å². The molecular weight excluding hydrogens is 259 g/mol. The first-order chi connectivity index (χ1) is 8.77. The van der Waals surface area contributed by atoms with Crippen molar-refractivity contribution in [3.8, 4) is 0 Å². The number of nitrogens with zero attached hydrogens (tertiary/aromatic N) is 3. The molecule has 0 amide bonds. The minimum absolute atomic E-state index is 0.135. The summed E-state index contributed by atoms with van der Waals surface area (Å²) in [5, 5.41) is 6.91. The number of halogens is 3. The summed E-state index contributed by atoms with van der Waals surface area (Å²) in [6.45, 7) is 1.74. The number of rotatable bonds is 2. The third-order valence-electron chi connectivity index (χ3n) is 2.51. The summed E-state index contributed by atoms with van der Waals surface area (Å²) in [4.78, 5) is 3.27. The van der Waals surface area contributed by atoms with Gasteiger partial charge in [0, 0.05) is 13.2 Å². The molecule has 0 unspecified atom stereocenters. The van der Waals surface area contributed by atoms with E-state index in [1.165, 1.54) is 0 Å². The highest BCUT2D eigenvalue weighted by Gasteiger charge is 2.33. The number of nitrogens with two attached hydrogens (primary N) is 1. The predicted molar refractivity (Wildman–Crippen MR) is 64.9 cm³/mol. The highest BCUT2D eigenvalue weighted by molar-refractivity contribution is 5.72. The lowest BCUT2D eigenvalue weighted by Crippen LogP contribution is -2.09. The highest BCUT2D eigenvalue weighted by Crippen LogP contribution is 2.32. The van der Waals surface area contributed by atoms with Crippen molar-refractivity contribution >= 4 is 17.1 Å². The van der Waals surface area contributed by atoms with E-state index >= 15 is 0 Å². The Labute approximate surface area is 107 Å². The lowest BCUT2D eigenvalue weighted by atomic mass is 10.2. The molecule has 5 nitrogen and oxygen atoms in total. The lowest BCUT2D eigenvalue weighted by Gasteiger charge is -2.11. The van der Waals surface area contributed by atoms with Crippen LogP contribution in [0.3, 0.4) is 0 Å². The monoisotopic (exact) mass is 271 g/mol. The van der Waals surface area contributed by atoms with E-state index in [0.29, 0.717) is 11.4 Å². The van der Waals surface area contributed by atoms with Gasteiger partial charge in [-0.05, 0) is 13.0 Å². The smallest absolute Gasteiger partial charge is 0.396 e. The molecule has 19 heavy (non-hydrogen) atoms. The van der Waals surface area contributed by atoms with Gasteiger partial charge in [0.05, 0.1) is 29.0 Å². The minimum Gasteiger partial charge on any atom is -0.396 e. The number of nitrogens with one attached hydrogen (secondary N) is 1. The van der Waals surface area contributed by atoms with Gasteiger partial charge in [-0.15, -0.1) is 0 Å². The van der Waals surface area contributed by atoms with Gasteiger partial charge in [0.2, 0.25) is 0 Å². The summed E-state index contributed by atoms with van der Waals surface area (Å²) >= 11 is 0. The van der Waals surface area contributed by atoms with Crippen molar-refractivity contribution in [2.45, 2.75) is 13.1 Å².